The van der Waals surface area contributed by atoms with Crippen molar-refractivity contribution in [3.63, 3.8) is 0 Å². The van der Waals surface area contributed by atoms with Crippen molar-refractivity contribution >= 4 is 46.2 Å². The molecule has 0 bridgehead atoms. The Morgan fingerprint density at radius 3 is 2.34 bits per heavy atom. The number of aliphatic imine (C=N–C) groups is 1. The fourth-order valence-electron chi connectivity index (χ4n) is 3.07. The number of fused-ring (bicyclic) bond motifs is 1. The quantitative estimate of drug-likeness (QED) is 0.197. The van der Waals surface area contributed by atoms with Crippen molar-refractivity contribution in [3.8, 4) is 5.75 Å². The summed E-state index contributed by atoms with van der Waals surface area (Å²) in [7, 11) is 0. The second kappa shape index (κ2) is 9.68. The Kier molecular flexibility index (Phi) is 6.55. The smallest absolute Gasteiger partial charge is 0.124 e. The monoisotopic (exact) mass is 415 g/mol. The summed E-state index contributed by atoms with van der Waals surface area (Å²) in [6, 6.07) is 30.3. The van der Waals surface area contributed by atoms with Gasteiger partial charge in [-0.1, -0.05) is 60.7 Å². The molecule has 0 amide bonds. The first-order valence-corrected chi connectivity index (χ1v) is 11.4. The SMILES string of the molecule is Oc1ccc2ccccc2c1C=Nc1ccccc1SCCSc1ccccc1. The molecule has 0 radical (unpaired) electrons. The molecule has 0 atom stereocenters. The second-order valence-electron chi connectivity index (χ2n) is 6.46. The number of para-hydroxylation sites is 1. The van der Waals surface area contributed by atoms with E-state index in [-0.39, 0.29) is 5.75 Å². The number of rotatable bonds is 7. The highest BCUT2D eigenvalue weighted by Gasteiger charge is 2.06. The molecule has 4 heteroatoms. The van der Waals surface area contributed by atoms with Crippen LogP contribution in [0, 0.1) is 0 Å². The van der Waals surface area contributed by atoms with Gasteiger partial charge in [0.1, 0.15) is 5.75 Å². The van der Waals surface area contributed by atoms with Crippen LogP contribution >= 0.6 is 23.5 Å². The van der Waals surface area contributed by atoms with Crippen molar-refractivity contribution in [2.45, 2.75) is 9.79 Å². The number of nitrogens with zero attached hydrogens (tertiary/aromatic N) is 1. The molecule has 0 saturated heterocycles. The standard InChI is InChI=1S/C25H21NOS2/c27-24-15-14-19-8-4-5-11-21(19)22(24)18-26-23-12-6-7-13-25(23)29-17-16-28-20-9-2-1-3-10-20/h1-15,18,27H,16-17H2. The minimum Gasteiger partial charge on any atom is -0.507 e. The van der Waals surface area contributed by atoms with Crippen LogP contribution in [-0.2, 0) is 0 Å². The van der Waals surface area contributed by atoms with Crippen LogP contribution in [0.4, 0.5) is 5.69 Å². The van der Waals surface area contributed by atoms with Crippen molar-refractivity contribution in [1.82, 2.24) is 0 Å². The van der Waals surface area contributed by atoms with Crippen LogP contribution < -0.4 is 0 Å². The molecule has 0 heterocycles. The number of hydrogen-bond acceptors (Lipinski definition) is 4. The van der Waals surface area contributed by atoms with Crippen LogP contribution in [0.15, 0.2) is 106 Å². The Balaban J connectivity index is 1.48. The zero-order chi connectivity index (χ0) is 19.9. The summed E-state index contributed by atoms with van der Waals surface area (Å²) >= 11 is 3.68. The maximum Gasteiger partial charge on any atom is 0.124 e. The zero-order valence-electron chi connectivity index (χ0n) is 15.9. The molecule has 0 fully saturated rings. The Labute approximate surface area is 179 Å². The third-order valence-corrected chi connectivity index (χ3v) is 6.84. The van der Waals surface area contributed by atoms with E-state index in [1.165, 1.54) is 4.90 Å². The number of benzene rings is 4. The molecule has 0 aliphatic rings. The molecule has 144 valence electrons. The minimum atomic E-state index is 0.247. The summed E-state index contributed by atoms with van der Waals surface area (Å²) < 4.78 is 0. The van der Waals surface area contributed by atoms with E-state index in [1.54, 1.807) is 12.3 Å². The van der Waals surface area contributed by atoms with Gasteiger partial charge in [0, 0.05) is 33.1 Å². The van der Waals surface area contributed by atoms with E-state index in [0.29, 0.717) is 0 Å². The molecule has 0 aromatic heterocycles. The molecule has 0 spiro atoms. The minimum absolute atomic E-state index is 0.247. The first-order valence-electron chi connectivity index (χ1n) is 9.46. The lowest BCUT2D eigenvalue weighted by atomic mass is 10.0. The van der Waals surface area contributed by atoms with Gasteiger partial charge in [0.05, 0.1) is 5.69 Å². The van der Waals surface area contributed by atoms with E-state index in [9.17, 15) is 5.11 Å². The molecule has 4 rings (SSSR count). The lowest BCUT2D eigenvalue weighted by Crippen LogP contribution is -1.87. The summed E-state index contributed by atoms with van der Waals surface area (Å²) in [6.45, 7) is 0. The Hall–Kier alpha value is -2.69. The van der Waals surface area contributed by atoms with E-state index in [4.69, 9.17) is 4.99 Å². The van der Waals surface area contributed by atoms with Crippen molar-refractivity contribution in [2.24, 2.45) is 4.99 Å². The van der Waals surface area contributed by atoms with Crippen molar-refractivity contribution in [1.29, 1.82) is 0 Å². The van der Waals surface area contributed by atoms with Gasteiger partial charge in [0.2, 0.25) is 0 Å². The molecule has 0 saturated carbocycles. The summed E-state index contributed by atoms with van der Waals surface area (Å²) in [5.74, 6) is 2.29. The van der Waals surface area contributed by atoms with Gasteiger partial charge in [0.15, 0.2) is 0 Å². The van der Waals surface area contributed by atoms with E-state index in [2.05, 4.69) is 30.3 Å². The highest BCUT2D eigenvalue weighted by atomic mass is 32.2. The van der Waals surface area contributed by atoms with Gasteiger partial charge >= 0.3 is 0 Å². The number of phenols is 1. The lowest BCUT2D eigenvalue weighted by molar-refractivity contribution is 0.475. The summed E-state index contributed by atoms with van der Waals surface area (Å²) in [6.07, 6.45) is 1.77. The molecular formula is C25H21NOS2. The molecule has 1 N–H and O–H groups in total. The first-order chi connectivity index (χ1) is 14.3. The molecule has 0 unspecified atom stereocenters. The van der Waals surface area contributed by atoms with Crippen LogP contribution in [-0.4, -0.2) is 22.8 Å². The topological polar surface area (TPSA) is 32.6 Å². The normalized spacial score (nSPS) is 11.3. The van der Waals surface area contributed by atoms with Crippen LogP contribution in [0.5, 0.6) is 5.75 Å². The first kappa shape index (κ1) is 19.6. The number of hydrogen-bond donors (Lipinski definition) is 1. The predicted octanol–water partition coefficient (Wildman–Crippen LogP) is 7.18. The molecule has 0 aliphatic heterocycles. The van der Waals surface area contributed by atoms with Crippen LogP contribution in [0.2, 0.25) is 0 Å². The zero-order valence-corrected chi connectivity index (χ0v) is 17.5. The lowest BCUT2D eigenvalue weighted by Gasteiger charge is -2.07. The fraction of sp³-hybridized carbons (Fsp3) is 0.0800. The third-order valence-electron chi connectivity index (χ3n) is 4.50. The van der Waals surface area contributed by atoms with Crippen LogP contribution in [0.1, 0.15) is 5.56 Å². The summed E-state index contributed by atoms with van der Waals surface area (Å²) in [4.78, 5) is 7.16. The van der Waals surface area contributed by atoms with E-state index < -0.39 is 0 Å². The van der Waals surface area contributed by atoms with Crippen LogP contribution in [0.25, 0.3) is 10.8 Å². The Morgan fingerprint density at radius 1 is 0.724 bits per heavy atom. The van der Waals surface area contributed by atoms with Gasteiger partial charge in [-0.25, -0.2) is 0 Å². The summed E-state index contributed by atoms with van der Waals surface area (Å²) in [5.41, 5.74) is 1.68. The number of thioether (sulfide) groups is 2. The summed E-state index contributed by atoms with van der Waals surface area (Å²) in [5, 5.41) is 12.4. The van der Waals surface area contributed by atoms with E-state index in [1.807, 2.05) is 78.1 Å². The van der Waals surface area contributed by atoms with E-state index in [0.717, 1.165) is 38.4 Å². The Morgan fingerprint density at radius 2 is 1.45 bits per heavy atom. The van der Waals surface area contributed by atoms with E-state index >= 15 is 0 Å². The van der Waals surface area contributed by atoms with Gasteiger partial charge < -0.3 is 5.11 Å². The highest BCUT2D eigenvalue weighted by Crippen LogP contribution is 2.32. The molecular weight excluding hydrogens is 394 g/mol. The Bertz CT molecular complexity index is 1130. The maximum atomic E-state index is 10.3. The van der Waals surface area contributed by atoms with Crippen molar-refractivity contribution < 1.29 is 5.11 Å². The van der Waals surface area contributed by atoms with Gasteiger partial charge in [-0.05, 0) is 41.1 Å². The average Bonchev–Trinajstić information content (AvgIpc) is 2.77. The number of aromatic hydroxyl groups is 1. The molecule has 2 nitrogen and oxygen atoms in total. The molecule has 29 heavy (non-hydrogen) atoms. The van der Waals surface area contributed by atoms with Gasteiger partial charge in [-0.15, -0.1) is 23.5 Å². The third kappa shape index (κ3) is 5.03. The highest BCUT2D eigenvalue weighted by molar-refractivity contribution is 8.03. The maximum absolute atomic E-state index is 10.3. The van der Waals surface area contributed by atoms with Crippen molar-refractivity contribution in [2.75, 3.05) is 11.5 Å². The van der Waals surface area contributed by atoms with Crippen LogP contribution in [0.3, 0.4) is 0 Å². The van der Waals surface area contributed by atoms with Gasteiger partial charge in [-0.3, -0.25) is 4.99 Å². The predicted molar refractivity (Wildman–Crippen MR) is 127 cm³/mol. The average molecular weight is 416 g/mol. The van der Waals surface area contributed by atoms with Gasteiger partial charge in [0.25, 0.3) is 0 Å². The molecule has 4 aromatic carbocycles. The number of phenolic OH excluding ortho intramolecular Hbond substituents is 1. The second-order valence-corrected chi connectivity index (χ2v) is 8.76. The molecule has 0 aliphatic carbocycles. The van der Waals surface area contributed by atoms with Crippen molar-refractivity contribution in [3.05, 3.63) is 96.6 Å². The molecule has 4 aromatic rings. The van der Waals surface area contributed by atoms with Gasteiger partial charge in [-0.2, -0.15) is 0 Å². The fourth-order valence-corrected chi connectivity index (χ4v) is 4.98. The largest absolute Gasteiger partial charge is 0.507 e.